The zero-order chi connectivity index (χ0) is 15.4. The fourth-order valence-electron chi connectivity index (χ4n) is 3.56. The van der Waals surface area contributed by atoms with Crippen LogP contribution in [0.1, 0.15) is 18.4 Å². The molecule has 0 saturated carbocycles. The molecule has 0 bridgehead atoms. The molecule has 2 heterocycles. The molecule has 1 aromatic rings. The second kappa shape index (κ2) is 7.11. The van der Waals surface area contributed by atoms with Crippen molar-refractivity contribution < 1.29 is 9.90 Å². The van der Waals surface area contributed by atoms with Crippen molar-refractivity contribution in [1.82, 2.24) is 14.7 Å². The van der Waals surface area contributed by atoms with Gasteiger partial charge in [-0.3, -0.25) is 9.80 Å². The first-order valence-electron chi connectivity index (χ1n) is 8.20. The number of amides is 1. The number of nitrogens with zero attached hydrogens (tertiary/aromatic N) is 3. The molecule has 0 aromatic heterocycles. The Hall–Kier alpha value is -1.59. The zero-order valence-electron chi connectivity index (χ0n) is 13.0. The van der Waals surface area contributed by atoms with Gasteiger partial charge in [-0.25, -0.2) is 4.79 Å². The number of rotatable bonds is 3. The van der Waals surface area contributed by atoms with E-state index < -0.39 is 6.09 Å². The summed E-state index contributed by atoms with van der Waals surface area (Å²) >= 11 is 0. The van der Waals surface area contributed by atoms with E-state index in [4.69, 9.17) is 5.11 Å². The molecule has 0 atom stereocenters. The molecule has 22 heavy (non-hydrogen) atoms. The molecule has 1 aromatic carbocycles. The third-order valence-electron chi connectivity index (χ3n) is 4.91. The molecule has 5 heteroatoms. The molecule has 0 unspecified atom stereocenters. The van der Waals surface area contributed by atoms with Crippen LogP contribution in [0.3, 0.4) is 0 Å². The molecule has 2 saturated heterocycles. The summed E-state index contributed by atoms with van der Waals surface area (Å²) in [5.74, 6) is 0. The van der Waals surface area contributed by atoms with Gasteiger partial charge in [0, 0.05) is 38.8 Å². The summed E-state index contributed by atoms with van der Waals surface area (Å²) in [6, 6.07) is 11.3. The highest BCUT2D eigenvalue weighted by Crippen LogP contribution is 2.19. The van der Waals surface area contributed by atoms with Gasteiger partial charge in [-0.15, -0.1) is 0 Å². The number of benzene rings is 1. The molecule has 1 N–H and O–H groups in total. The predicted molar refractivity (Wildman–Crippen MR) is 85.9 cm³/mol. The van der Waals surface area contributed by atoms with Crippen LogP contribution in [-0.4, -0.2) is 71.2 Å². The van der Waals surface area contributed by atoms with Crippen LogP contribution in [0, 0.1) is 0 Å². The first kappa shape index (κ1) is 15.3. The highest BCUT2D eigenvalue weighted by molar-refractivity contribution is 5.65. The number of likely N-dealkylation sites (tertiary alicyclic amines) is 1. The lowest BCUT2D eigenvalue weighted by molar-refractivity contribution is 0.0563. The molecule has 5 nitrogen and oxygen atoms in total. The van der Waals surface area contributed by atoms with E-state index in [9.17, 15) is 4.79 Å². The Morgan fingerprint density at radius 3 is 2.23 bits per heavy atom. The van der Waals surface area contributed by atoms with Gasteiger partial charge >= 0.3 is 6.09 Å². The Morgan fingerprint density at radius 2 is 1.64 bits per heavy atom. The number of carbonyl (C=O) groups is 1. The molecule has 120 valence electrons. The second-order valence-electron chi connectivity index (χ2n) is 6.30. The summed E-state index contributed by atoms with van der Waals surface area (Å²) < 4.78 is 0. The van der Waals surface area contributed by atoms with Gasteiger partial charge in [-0.1, -0.05) is 30.3 Å². The number of piperazine rings is 1. The van der Waals surface area contributed by atoms with E-state index in [1.54, 1.807) is 0 Å². The van der Waals surface area contributed by atoms with Crippen LogP contribution in [0.15, 0.2) is 30.3 Å². The molecule has 3 rings (SSSR count). The Morgan fingerprint density at radius 1 is 1.00 bits per heavy atom. The maximum absolute atomic E-state index is 11.0. The standard InChI is InChI=1S/C17H25N3O2/c21-17(22)20-12-10-19(11-13-20)16-6-8-18(9-7-16)14-15-4-2-1-3-5-15/h1-5,16H,6-14H2,(H,21,22). The summed E-state index contributed by atoms with van der Waals surface area (Å²) in [5.41, 5.74) is 1.39. The predicted octanol–water partition coefficient (Wildman–Crippen LogP) is 1.95. The lowest BCUT2D eigenvalue weighted by atomic mass is 10.0. The molecule has 2 fully saturated rings. The van der Waals surface area contributed by atoms with Crippen LogP contribution in [0.4, 0.5) is 4.79 Å². The van der Waals surface area contributed by atoms with E-state index in [1.807, 2.05) is 0 Å². The zero-order valence-corrected chi connectivity index (χ0v) is 13.0. The number of hydrogen-bond donors (Lipinski definition) is 1. The van der Waals surface area contributed by atoms with Crippen molar-refractivity contribution in [2.45, 2.75) is 25.4 Å². The molecular formula is C17H25N3O2. The highest BCUT2D eigenvalue weighted by Gasteiger charge is 2.28. The van der Waals surface area contributed by atoms with E-state index in [2.05, 4.69) is 40.1 Å². The number of hydrogen-bond acceptors (Lipinski definition) is 3. The summed E-state index contributed by atoms with van der Waals surface area (Å²) in [6.45, 7) is 6.39. The number of carboxylic acid groups (broad SMARTS) is 1. The van der Waals surface area contributed by atoms with Crippen molar-refractivity contribution in [1.29, 1.82) is 0 Å². The average molecular weight is 303 g/mol. The van der Waals surface area contributed by atoms with Crippen LogP contribution in [0.2, 0.25) is 0 Å². The van der Waals surface area contributed by atoms with Crippen LogP contribution in [0.25, 0.3) is 0 Å². The normalized spacial score (nSPS) is 21.9. The van der Waals surface area contributed by atoms with Crippen molar-refractivity contribution in [2.75, 3.05) is 39.3 Å². The molecule has 2 aliphatic rings. The van der Waals surface area contributed by atoms with Gasteiger partial charge in [0.2, 0.25) is 0 Å². The van der Waals surface area contributed by atoms with Crippen LogP contribution in [0.5, 0.6) is 0 Å². The fourth-order valence-corrected chi connectivity index (χ4v) is 3.56. The topological polar surface area (TPSA) is 47.0 Å². The molecule has 0 aliphatic carbocycles. The third-order valence-corrected chi connectivity index (χ3v) is 4.91. The van der Waals surface area contributed by atoms with Crippen LogP contribution in [-0.2, 0) is 6.54 Å². The van der Waals surface area contributed by atoms with E-state index in [0.717, 1.165) is 32.7 Å². The lowest BCUT2D eigenvalue weighted by Crippen LogP contribution is -2.54. The van der Waals surface area contributed by atoms with E-state index in [0.29, 0.717) is 19.1 Å². The van der Waals surface area contributed by atoms with Gasteiger partial charge in [0.05, 0.1) is 0 Å². The largest absolute Gasteiger partial charge is 0.465 e. The second-order valence-corrected chi connectivity index (χ2v) is 6.30. The average Bonchev–Trinajstić information content (AvgIpc) is 2.57. The van der Waals surface area contributed by atoms with Crippen molar-refractivity contribution in [3.63, 3.8) is 0 Å². The molecule has 2 aliphatic heterocycles. The maximum Gasteiger partial charge on any atom is 0.407 e. The minimum Gasteiger partial charge on any atom is -0.465 e. The smallest absolute Gasteiger partial charge is 0.407 e. The first-order valence-corrected chi connectivity index (χ1v) is 8.20. The molecular weight excluding hydrogens is 278 g/mol. The quantitative estimate of drug-likeness (QED) is 0.927. The third kappa shape index (κ3) is 3.78. The summed E-state index contributed by atoms with van der Waals surface area (Å²) in [6.07, 6.45) is 1.61. The van der Waals surface area contributed by atoms with Crippen molar-refractivity contribution in [3.8, 4) is 0 Å². The van der Waals surface area contributed by atoms with E-state index in [1.165, 1.54) is 23.3 Å². The monoisotopic (exact) mass is 303 g/mol. The molecule has 0 spiro atoms. The molecule has 0 radical (unpaired) electrons. The highest BCUT2D eigenvalue weighted by atomic mass is 16.4. The Balaban J connectivity index is 1.43. The Labute approximate surface area is 132 Å². The van der Waals surface area contributed by atoms with Gasteiger partial charge in [0.15, 0.2) is 0 Å². The fraction of sp³-hybridized carbons (Fsp3) is 0.588. The van der Waals surface area contributed by atoms with Gasteiger partial charge < -0.3 is 10.0 Å². The van der Waals surface area contributed by atoms with Crippen LogP contribution >= 0.6 is 0 Å². The van der Waals surface area contributed by atoms with Gasteiger partial charge in [0.25, 0.3) is 0 Å². The summed E-state index contributed by atoms with van der Waals surface area (Å²) in [5, 5.41) is 9.01. The van der Waals surface area contributed by atoms with Gasteiger partial charge in [-0.05, 0) is 31.5 Å². The lowest BCUT2D eigenvalue weighted by Gasteiger charge is -2.42. The van der Waals surface area contributed by atoms with E-state index in [-0.39, 0.29) is 0 Å². The molecule has 1 amide bonds. The van der Waals surface area contributed by atoms with Crippen molar-refractivity contribution in [3.05, 3.63) is 35.9 Å². The SMILES string of the molecule is O=C(O)N1CCN(C2CCN(Cc3ccccc3)CC2)CC1. The summed E-state index contributed by atoms with van der Waals surface area (Å²) in [4.78, 5) is 17.5. The van der Waals surface area contributed by atoms with Gasteiger partial charge in [0.1, 0.15) is 0 Å². The minimum absolute atomic E-state index is 0.628. The minimum atomic E-state index is -0.780. The maximum atomic E-state index is 11.0. The van der Waals surface area contributed by atoms with Crippen LogP contribution < -0.4 is 0 Å². The Bertz CT molecular complexity index is 478. The van der Waals surface area contributed by atoms with E-state index >= 15 is 0 Å². The number of piperidine rings is 1. The van der Waals surface area contributed by atoms with Gasteiger partial charge in [-0.2, -0.15) is 0 Å². The van der Waals surface area contributed by atoms with Crippen molar-refractivity contribution >= 4 is 6.09 Å². The van der Waals surface area contributed by atoms with Crippen molar-refractivity contribution in [2.24, 2.45) is 0 Å². The Kier molecular flexibility index (Phi) is 4.95. The summed E-state index contributed by atoms with van der Waals surface area (Å²) in [7, 11) is 0. The first-order chi connectivity index (χ1) is 10.7.